The van der Waals surface area contributed by atoms with Crippen LogP contribution in [0.3, 0.4) is 0 Å². The molecule has 1 aromatic rings. The molecule has 1 N–H and O–H groups in total. The fourth-order valence-electron chi connectivity index (χ4n) is 3.41. The topological polar surface area (TPSA) is 126 Å². The predicted molar refractivity (Wildman–Crippen MR) is 110 cm³/mol. The zero-order chi connectivity index (χ0) is 23.3. The van der Waals surface area contributed by atoms with Crippen LogP contribution in [0.25, 0.3) is 0 Å². The van der Waals surface area contributed by atoms with E-state index in [0.29, 0.717) is 11.3 Å². The van der Waals surface area contributed by atoms with Crippen molar-refractivity contribution >= 4 is 17.6 Å². The lowest BCUT2D eigenvalue weighted by Gasteiger charge is -2.33. The molecule has 10 heteroatoms. The number of nitro groups is 1. The zero-order valence-electron chi connectivity index (χ0n) is 18.3. The van der Waals surface area contributed by atoms with Gasteiger partial charge in [0.2, 0.25) is 0 Å². The van der Waals surface area contributed by atoms with Crippen molar-refractivity contribution in [3.8, 4) is 0 Å². The number of hydrogen-bond acceptors (Lipinski definition) is 9. The molecule has 1 atom stereocenters. The van der Waals surface area contributed by atoms with Gasteiger partial charge in [-0.2, -0.15) is 0 Å². The van der Waals surface area contributed by atoms with Crippen LogP contribution in [0.1, 0.15) is 32.3 Å². The van der Waals surface area contributed by atoms with Gasteiger partial charge in [-0.25, -0.2) is 9.59 Å². The number of carbonyl (C=O) groups excluding carboxylic acids is 2. The second kappa shape index (κ2) is 10.2. The highest BCUT2D eigenvalue weighted by Gasteiger charge is 2.41. The number of ether oxygens (including phenoxy) is 4. The van der Waals surface area contributed by atoms with Crippen LogP contribution in [0.4, 0.5) is 5.69 Å². The van der Waals surface area contributed by atoms with Crippen molar-refractivity contribution in [2.24, 2.45) is 0 Å². The van der Waals surface area contributed by atoms with Crippen LogP contribution < -0.4 is 5.32 Å². The summed E-state index contributed by atoms with van der Waals surface area (Å²) in [6, 6.07) is 5.70. The van der Waals surface area contributed by atoms with Gasteiger partial charge in [-0.15, -0.1) is 0 Å². The van der Waals surface area contributed by atoms with Crippen LogP contribution >= 0.6 is 0 Å². The first kappa shape index (κ1) is 24.0. The first-order chi connectivity index (χ1) is 14.7. The molecule has 0 aliphatic carbocycles. The molecule has 168 valence electrons. The minimum absolute atomic E-state index is 0.0259. The molecule has 0 unspecified atom stereocenters. The minimum Gasteiger partial charge on any atom is -0.466 e. The second-order valence-corrected chi connectivity index (χ2v) is 7.03. The summed E-state index contributed by atoms with van der Waals surface area (Å²) in [5.41, 5.74) is 0.929. The number of benzene rings is 1. The van der Waals surface area contributed by atoms with Gasteiger partial charge in [0.15, 0.2) is 6.29 Å². The average Bonchev–Trinajstić information content (AvgIpc) is 2.73. The third-order valence-electron chi connectivity index (χ3n) is 4.64. The Bertz CT molecular complexity index is 931. The summed E-state index contributed by atoms with van der Waals surface area (Å²) in [5, 5.41) is 14.3. The number of non-ortho nitro benzene ring substituents is 1. The lowest BCUT2D eigenvalue weighted by molar-refractivity contribution is -0.384. The molecule has 2 rings (SSSR count). The molecule has 0 aromatic heterocycles. The molecule has 1 aliphatic rings. The maximum atomic E-state index is 13.0. The van der Waals surface area contributed by atoms with Gasteiger partial charge >= 0.3 is 11.9 Å². The molecule has 1 aromatic carbocycles. The van der Waals surface area contributed by atoms with Gasteiger partial charge in [0.1, 0.15) is 0 Å². The Morgan fingerprint density at radius 1 is 1.10 bits per heavy atom. The van der Waals surface area contributed by atoms with E-state index in [1.165, 1.54) is 39.5 Å². The largest absolute Gasteiger partial charge is 0.466 e. The van der Waals surface area contributed by atoms with Gasteiger partial charge in [-0.1, -0.05) is 12.1 Å². The van der Waals surface area contributed by atoms with Gasteiger partial charge in [0.05, 0.1) is 40.9 Å². The zero-order valence-corrected chi connectivity index (χ0v) is 18.3. The number of esters is 2. The highest BCUT2D eigenvalue weighted by molar-refractivity contribution is 6.00. The first-order valence-electron chi connectivity index (χ1n) is 9.47. The van der Waals surface area contributed by atoms with Gasteiger partial charge in [0, 0.05) is 32.0 Å². The normalized spacial score (nSPS) is 16.5. The monoisotopic (exact) mass is 434 g/mol. The van der Waals surface area contributed by atoms with Crippen LogP contribution in [0.2, 0.25) is 0 Å². The van der Waals surface area contributed by atoms with E-state index in [9.17, 15) is 19.7 Å². The summed E-state index contributed by atoms with van der Waals surface area (Å²) in [5.74, 6) is -2.42. The maximum absolute atomic E-state index is 13.0. The number of rotatable bonds is 8. The molecule has 0 spiro atoms. The lowest BCUT2D eigenvalue weighted by atomic mass is 9.80. The summed E-state index contributed by atoms with van der Waals surface area (Å²) in [7, 11) is 3.98. The first-order valence-corrected chi connectivity index (χ1v) is 9.47. The summed E-state index contributed by atoms with van der Waals surface area (Å²) in [6.45, 7) is 5.03. The molecule has 0 saturated carbocycles. The van der Waals surface area contributed by atoms with Crippen molar-refractivity contribution in [1.82, 2.24) is 5.32 Å². The molecule has 31 heavy (non-hydrogen) atoms. The van der Waals surface area contributed by atoms with Crippen molar-refractivity contribution in [3.63, 3.8) is 0 Å². The van der Waals surface area contributed by atoms with Crippen LogP contribution in [0.15, 0.2) is 46.8 Å². The molecule has 0 fully saturated rings. The third kappa shape index (κ3) is 5.09. The predicted octanol–water partition coefficient (Wildman–Crippen LogP) is 2.55. The quantitative estimate of drug-likeness (QED) is 0.284. The van der Waals surface area contributed by atoms with E-state index >= 15 is 0 Å². The van der Waals surface area contributed by atoms with E-state index in [1.54, 1.807) is 26.8 Å². The maximum Gasteiger partial charge on any atom is 0.337 e. The van der Waals surface area contributed by atoms with E-state index in [2.05, 4.69) is 5.32 Å². The number of dihydropyridines is 1. The van der Waals surface area contributed by atoms with Crippen molar-refractivity contribution in [2.45, 2.75) is 39.1 Å². The second-order valence-electron chi connectivity index (χ2n) is 7.03. The average molecular weight is 434 g/mol. The number of hydrogen-bond donors (Lipinski definition) is 1. The SMILES string of the molecule is COC(=O)C1=C(C(OC)OC)NC(C)=C(C(=O)OC(C)C)[C@@H]1c1cccc([N+](=O)[O-])c1. The van der Waals surface area contributed by atoms with Crippen LogP contribution in [0, 0.1) is 10.1 Å². The van der Waals surface area contributed by atoms with Crippen molar-refractivity contribution in [1.29, 1.82) is 0 Å². The van der Waals surface area contributed by atoms with Crippen molar-refractivity contribution in [2.75, 3.05) is 21.3 Å². The third-order valence-corrected chi connectivity index (χ3v) is 4.64. The molecule has 0 radical (unpaired) electrons. The molecule has 0 bridgehead atoms. The highest BCUT2D eigenvalue weighted by Crippen LogP contribution is 2.41. The Balaban J connectivity index is 2.83. The molecular formula is C21H26N2O8. The number of allylic oxidation sites excluding steroid dienone is 1. The lowest BCUT2D eigenvalue weighted by Crippen LogP contribution is -2.38. The van der Waals surface area contributed by atoms with Gasteiger partial charge in [-0.05, 0) is 26.3 Å². The molecule has 0 amide bonds. The summed E-state index contributed by atoms with van der Waals surface area (Å²) >= 11 is 0. The van der Waals surface area contributed by atoms with Gasteiger partial charge in [-0.3, -0.25) is 10.1 Å². The number of carbonyl (C=O) groups is 2. The van der Waals surface area contributed by atoms with E-state index in [-0.39, 0.29) is 22.5 Å². The highest BCUT2D eigenvalue weighted by atomic mass is 16.7. The van der Waals surface area contributed by atoms with Crippen LogP contribution in [-0.4, -0.2) is 50.6 Å². The van der Waals surface area contributed by atoms with E-state index in [1.807, 2.05) is 0 Å². The molecule has 1 aliphatic heterocycles. The van der Waals surface area contributed by atoms with Crippen LogP contribution in [0.5, 0.6) is 0 Å². The Morgan fingerprint density at radius 3 is 2.26 bits per heavy atom. The van der Waals surface area contributed by atoms with Gasteiger partial charge in [0.25, 0.3) is 5.69 Å². The van der Waals surface area contributed by atoms with Crippen LogP contribution in [-0.2, 0) is 28.5 Å². The minimum atomic E-state index is -1.01. The van der Waals surface area contributed by atoms with E-state index < -0.39 is 35.2 Å². The van der Waals surface area contributed by atoms with Gasteiger partial charge < -0.3 is 24.3 Å². The Labute approximate surface area is 180 Å². The Hall–Kier alpha value is -3.24. The number of nitro benzene ring substituents is 1. The number of methoxy groups -OCH3 is 3. The smallest absolute Gasteiger partial charge is 0.337 e. The standard InChI is InChI=1S/C21H26N2O8/c1-11(2)31-20(25)15-12(3)22-18(21(29-5)30-6)17(19(24)28-4)16(15)13-8-7-9-14(10-13)23(26)27/h7-11,16,21-22H,1-6H3/t16-/m0/s1. The number of nitrogens with zero attached hydrogens (tertiary/aromatic N) is 1. The molecule has 1 heterocycles. The number of nitrogens with one attached hydrogen (secondary N) is 1. The van der Waals surface area contributed by atoms with Crippen molar-refractivity contribution in [3.05, 3.63) is 62.5 Å². The summed E-state index contributed by atoms with van der Waals surface area (Å²) in [6.07, 6.45) is -1.40. The van der Waals surface area contributed by atoms with Crippen molar-refractivity contribution < 1.29 is 33.5 Å². The Morgan fingerprint density at radius 2 is 1.74 bits per heavy atom. The summed E-state index contributed by atoms with van der Waals surface area (Å²) in [4.78, 5) is 36.7. The molecule has 0 saturated heterocycles. The summed E-state index contributed by atoms with van der Waals surface area (Å²) < 4.78 is 21.0. The fraction of sp³-hybridized carbons (Fsp3) is 0.429. The van der Waals surface area contributed by atoms with E-state index in [0.717, 1.165) is 0 Å². The molecular weight excluding hydrogens is 408 g/mol. The van der Waals surface area contributed by atoms with E-state index in [4.69, 9.17) is 18.9 Å². The molecule has 10 nitrogen and oxygen atoms in total. The fourth-order valence-corrected chi connectivity index (χ4v) is 3.41. The Kier molecular flexibility index (Phi) is 7.89.